The molecule has 0 bridgehead atoms. The van der Waals surface area contributed by atoms with Gasteiger partial charge < -0.3 is 9.30 Å². The van der Waals surface area contributed by atoms with E-state index in [1.807, 2.05) is 0 Å². The fraction of sp³-hybridized carbons (Fsp3) is 0.480. The van der Waals surface area contributed by atoms with E-state index in [1.165, 1.54) is 55.4 Å². The maximum Gasteiger partial charge on any atom is 0.127 e. The highest BCUT2D eigenvalue weighted by Gasteiger charge is 2.23. The smallest absolute Gasteiger partial charge is 0.127 e. The van der Waals surface area contributed by atoms with Crippen LogP contribution in [0.15, 0.2) is 42.5 Å². The number of likely N-dealkylation sites (tertiary alicyclic amines) is 1. The first-order valence-electron chi connectivity index (χ1n) is 11.0. The minimum absolute atomic E-state index is 0.321. The molecule has 0 N–H and O–H groups in total. The Bertz CT molecular complexity index is 954. The van der Waals surface area contributed by atoms with Crippen molar-refractivity contribution in [2.75, 3.05) is 19.7 Å². The van der Waals surface area contributed by atoms with Crippen LogP contribution < -0.4 is 4.74 Å². The number of nitrogens with zero attached hydrogens (tertiary/aromatic N) is 3. The third-order valence-corrected chi connectivity index (χ3v) is 6.15. The second kappa shape index (κ2) is 9.00. The summed E-state index contributed by atoms with van der Waals surface area (Å²) in [6.07, 6.45) is 5.29. The van der Waals surface area contributed by atoms with Crippen molar-refractivity contribution in [3.63, 3.8) is 0 Å². The molecule has 2 heterocycles. The Kier molecular flexibility index (Phi) is 6.19. The molecule has 4 heteroatoms. The van der Waals surface area contributed by atoms with E-state index in [4.69, 9.17) is 9.72 Å². The first-order valence-corrected chi connectivity index (χ1v) is 11.0. The van der Waals surface area contributed by atoms with Crippen molar-refractivity contribution in [3.05, 3.63) is 59.4 Å². The van der Waals surface area contributed by atoms with Crippen molar-refractivity contribution in [2.24, 2.45) is 0 Å². The van der Waals surface area contributed by atoms with Gasteiger partial charge in [0, 0.05) is 0 Å². The van der Waals surface area contributed by atoms with Gasteiger partial charge in [0.05, 0.1) is 23.6 Å². The van der Waals surface area contributed by atoms with Gasteiger partial charge in [-0.15, -0.1) is 0 Å². The van der Waals surface area contributed by atoms with Crippen molar-refractivity contribution >= 4 is 11.0 Å². The van der Waals surface area contributed by atoms with Crippen LogP contribution in [0.1, 0.15) is 55.6 Å². The summed E-state index contributed by atoms with van der Waals surface area (Å²) in [4.78, 5) is 7.65. The molecule has 0 saturated carbocycles. The van der Waals surface area contributed by atoms with Crippen LogP contribution in [0.5, 0.6) is 5.75 Å². The van der Waals surface area contributed by atoms with Crippen LogP contribution in [0.4, 0.5) is 0 Å². The molecule has 154 valence electrons. The number of rotatable bonds is 6. The van der Waals surface area contributed by atoms with Gasteiger partial charge in [-0.05, 0) is 70.5 Å². The number of para-hydroxylation sites is 2. The quantitative estimate of drug-likeness (QED) is 0.542. The summed E-state index contributed by atoms with van der Waals surface area (Å²) in [5.41, 5.74) is 4.74. The molecule has 29 heavy (non-hydrogen) atoms. The zero-order valence-electron chi connectivity index (χ0n) is 18.0. The van der Waals surface area contributed by atoms with Crippen molar-refractivity contribution in [1.29, 1.82) is 0 Å². The topological polar surface area (TPSA) is 30.3 Å². The van der Waals surface area contributed by atoms with Crippen LogP contribution in [0.3, 0.4) is 0 Å². The SMILES string of the molecule is Cc1ccc(OCCn2c(C(C)N3CCCCCC3)nc3ccccc32)c(C)c1. The molecule has 3 aromatic rings. The number of aromatic nitrogens is 2. The Morgan fingerprint density at radius 1 is 1.00 bits per heavy atom. The molecule has 4 nitrogen and oxygen atoms in total. The van der Waals surface area contributed by atoms with E-state index in [2.05, 4.69) is 72.7 Å². The predicted molar refractivity (Wildman–Crippen MR) is 120 cm³/mol. The van der Waals surface area contributed by atoms with Crippen molar-refractivity contribution in [3.8, 4) is 5.75 Å². The van der Waals surface area contributed by atoms with Gasteiger partial charge in [0.15, 0.2) is 0 Å². The lowest BCUT2D eigenvalue weighted by molar-refractivity contribution is 0.204. The second-order valence-corrected chi connectivity index (χ2v) is 8.35. The summed E-state index contributed by atoms with van der Waals surface area (Å²) in [6, 6.07) is 15.2. The summed E-state index contributed by atoms with van der Waals surface area (Å²) in [7, 11) is 0. The third kappa shape index (κ3) is 4.48. The third-order valence-electron chi connectivity index (χ3n) is 6.15. The van der Waals surface area contributed by atoms with Crippen molar-refractivity contribution < 1.29 is 4.74 Å². The van der Waals surface area contributed by atoms with Crippen LogP contribution in [0, 0.1) is 13.8 Å². The largest absolute Gasteiger partial charge is 0.491 e. The Morgan fingerprint density at radius 3 is 2.52 bits per heavy atom. The van der Waals surface area contributed by atoms with Crippen molar-refractivity contribution in [2.45, 2.75) is 59.0 Å². The summed E-state index contributed by atoms with van der Waals surface area (Å²) < 4.78 is 8.52. The number of aryl methyl sites for hydroxylation is 2. The van der Waals surface area contributed by atoms with E-state index in [-0.39, 0.29) is 0 Å². The summed E-state index contributed by atoms with van der Waals surface area (Å²) in [6.45, 7) is 10.3. The van der Waals surface area contributed by atoms with Crippen LogP contribution in [-0.4, -0.2) is 34.1 Å². The predicted octanol–water partition coefficient (Wildman–Crippen LogP) is 5.67. The molecular weight excluding hydrogens is 358 g/mol. The number of imidazole rings is 1. The van der Waals surface area contributed by atoms with Gasteiger partial charge in [0.1, 0.15) is 18.2 Å². The van der Waals surface area contributed by atoms with Crippen LogP contribution in [0.2, 0.25) is 0 Å². The number of hydrogen-bond acceptors (Lipinski definition) is 3. The Hall–Kier alpha value is -2.33. The molecule has 1 fully saturated rings. The highest BCUT2D eigenvalue weighted by Crippen LogP contribution is 2.27. The van der Waals surface area contributed by atoms with E-state index >= 15 is 0 Å². The number of ether oxygens (including phenoxy) is 1. The molecule has 2 aromatic carbocycles. The lowest BCUT2D eigenvalue weighted by Crippen LogP contribution is -2.30. The lowest BCUT2D eigenvalue weighted by Gasteiger charge is -2.27. The standard InChI is InChI=1S/C25H33N3O/c1-19-12-13-24(20(2)18-19)29-17-16-28-23-11-7-6-10-22(23)26-25(28)21(3)27-14-8-4-5-9-15-27/h6-7,10-13,18,21H,4-5,8-9,14-17H2,1-3H3. The maximum absolute atomic E-state index is 6.15. The Morgan fingerprint density at radius 2 is 1.76 bits per heavy atom. The Balaban J connectivity index is 1.56. The summed E-state index contributed by atoms with van der Waals surface area (Å²) in [5, 5.41) is 0. The van der Waals surface area contributed by atoms with E-state index < -0.39 is 0 Å². The average molecular weight is 392 g/mol. The second-order valence-electron chi connectivity index (χ2n) is 8.35. The highest BCUT2D eigenvalue weighted by atomic mass is 16.5. The molecule has 1 saturated heterocycles. The van der Waals surface area contributed by atoms with Gasteiger partial charge >= 0.3 is 0 Å². The first kappa shape index (κ1) is 20.0. The number of fused-ring (bicyclic) bond motifs is 1. The van der Waals surface area contributed by atoms with Crippen LogP contribution >= 0.6 is 0 Å². The minimum atomic E-state index is 0.321. The molecule has 0 aliphatic carbocycles. The van der Waals surface area contributed by atoms with Gasteiger partial charge in [0.25, 0.3) is 0 Å². The molecule has 1 aliphatic heterocycles. The van der Waals surface area contributed by atoms with E-state index in [9.17, 15) is 0 Å². The molecule has 1 unspecified atom stereocenters. The van der Waals surface area contributed by atoms with Gasteiger partial charge in [-0.3, -0.25) is 4.90 Å². The normalized spacial score (nSPS) is 16.7. The van der Waals surface area contributed by atoms with Gasteiger partial charge in [-0.1, -0.05) is 42.7 Å². The Labute approximate surface area is 174 Å². The monoisotopic (exact) mass is 391 g/mol. The fourth-order valence-corrected chi connectivity index (χ4v) is 4.50. The first-order chi connectivity index (χ1) is 14.1. The van der Waals surface area contributed by atoms with Gasteiger partial charge in [-0.2, -0.15) is 0 Å². The zero-order valence-corrected chi connectivity index (χ0v) is 18.0. The minimum Gasteiger partial charge on any atom is -0.491 e. The molecule has 4 rings (SSSR count). The lowest BCUT2D eigenvalue weighted by atomic mass is 10.1. The average Bonchev–Trinajstić information content (AvgIpc) is 2.88. The van der Waals surface area contributed by atoms with E-state index in [1.54, 1.807) is 0 Å². The zero-order chi connectivity index (χ0) is 20.2. The summed E-state index contributed by atoms with van der Waals surface area (Å²) >= 11 is 0. The maximum atomic E-state index is 6.15. The van der Waals surface area contributed by atoms with Crippen LogP contribution in [0.25, 0.3) is 11.0 Å². The molecule has 0 radical (unpaired) electrons. The summed E-state index contributed by atoms with van der Waals surface area (Å²) in [5.74, 6) is 2.14. The fourth-order valence-electron chi connectivity index (χ4n) is 4.50. The van der Waals surface area contributed by atoms with Gasteiger partial charge in [-0.25, -0.2) is 4.98 Å². The van der Waals surface area contributed by atoms with E-state index in [0.717, 1.165) is 23.6 Å². The molecular formula is C25H33N3O. The molecule has 1 aliphatic rings. The molecule has 0 amide bonds. The molecule has 1 aromatic heterocycles. The van der Waals surface area contributed by atoms with E-state index in [0.29, 0.717) is 12.6 Å². The van der Waals surface area contributed by atoms with Crippen molar-refractivity contribution in [1.82, 2.24) is 14.5 Å². The van der Waals surface area contributed by atoms with Gasteiger partial charge in [0.2, 0.25) is 0 Å². The molecule has 1 atom stereocenters. The number of benzene rings is 2. The highest BCUT2D eigenvalue weighted by molar-refractivity contribution is 5.76. The molecule has 0 spiro atoms. The van der Waals surface area contributed by atoms with Crippen LogP contribution in [-0.2, 0) is 6.54 Å². The number of hydrogen-bond donors (Lipinski definition) is 0.